The van der Waals surface area contributed by atoms with Crippen LogP contribution in [0.3, 0.4) is 0 Å². The Labute approximate surface area is 92.9 Å². The highest BCUT2D eigenvalue weighted by molar-refractivity contribution is 7.09. The van der Waals surface area contributed by atoms with E-state index in [1.165, 1.54) is 18.0 Å². The molecule has 84 valence electrons. The summed E-state index contributed by atoms with van der Waals surface area (Å²) >= 11 is 1.23. The first-order valence-electron chi connectivity index (χ1n) is 5.23. The second kappa shape index (κ2) is 4.32. The van der Waals surface area contributed by atoms with Gasteiger partial charge in [0.2, 0.25) is 11.1 Å². The van der Waals surface area contributed by atoms with E-state index in [0.29, 0.717) is 11.7 Å². The molecule has 1 heterocycles. The van der Waals surface area contributed by atoms with Crippen molar-refractivity contribution in [2.75, 3.05) is 17.6 Å². The molecule has 0 spiro atoms. The molecule has 1 aromatic rings. The van der Waals surface area contributed by atoms with Crippen LogP contribution in [0.15, 0.2) is 0 Å². The maximum absolute atomic E-state index is 10.2. The van der Waals surface area contributed by atoms with Gasteiger partial charge in [-0.2, -0.15) is 9.36 Å². The molecule has 0 atom stereocenters. The monoisotopic (exact) mass is 228 g/mol. The Morgan fingerprint density at radius 1 is 1.40 bits per heavy atom. The fraction of sp³-hybridized carbons (Fsp3) is 0.778. The van der Waals surface area contributed by atoms with E-state index in [1.54, 1.807) is 0 Å². The van der Waals surface area contributed by atoms with Crippen LogP contribution in [0.25, 0.3) is 0 Å². The zero-order chi connectivity index (χ0) is 10.7. The zero-order valence-corrected chi connectivity index (χ0v) is 9.39. The molecule has 5 nitrogen and oxygen atoms in total. The van der Waals surface area contributed by atoms with Crippen LogP contribution in [0.1, 0.15) is 32.1 Å². The molecule has 0 radical (unpaired) electrons. The third-order valence-corrected chi connectivity index (χ3v) is 3.48. The van der Waals surface area contributed by atoms with Crippen LogP contribution in [0.4, 0.5) is 11.1 Å². The fourth-order valence-corrected chi connectivity index (χ4v) is 2.43. The number of aliphatic hydroxyl groups is 1. The summed E-state index contributed by atoms with van der Waals surface area (Å²) in [7, 11) is 0. The average molecular weight is 228 g/mol. The number of nitrogens with zero attached hydrogens (tertiary/aromatic N) is 2. The second-order valence-electron chi connectivity index (χ2n) is 4.10. The molecule has 0 unspecified atom stereocenters. The number of rotatable bonds is 3. The predicted molar refractivity (Wildman–Crippen MR) is 60.8 cm³/mol. The highest BCUT2D eigenvalue weighted by Crippen LogP contribution is 2.28. The lowest BCUT2D eigenvalue weighted by Gasteiger charge is -2.31. The van der Waals surface area contributed by atoms with Crippen LogP contribution in [0.5, 0.6) is 0 Å². The number of anilines is 2. The van der Waals surface area contributed by atoms with E-state index < -0.39 is 5.60 Å². The molecule has 0 saturated heterocycles. The molecule has 1 aliphatic rings. The fourth-order valence-electron chi connectivity index (χ4n) is 1.93. The van der Waals surface area contributed by atoms with Crippen molar-refractivity contribution in [1.82, 2.24) is 9.36 Å². The van der Waals surface area contributed by atoms with Gasteiger partial charge in [-0.15, -0.1) is 0 Å². The zero-order valence-electron chi connectivity index (χ0n) is 8.57. The van der Waals surface area contributed by atoms with Crippen molar-refractivity contribution in [1.29, 1.82) is 0 Å². The van der Waals surface area contributed by atoms with Crippen LogP contribution in [0.2, 0.25) is 0 Å². The van der Waals surface area contributed by atoms with Gasteiger partial charge in [-0.25, -0.2) is 0 Å². The van der Waals surface area contributed by atoms with Crippen molar-refractivity contribution in [3.63, 3.8) is 0 Å². The number of nitrogens with two attached hydrogens (primary N) is 1. The highest BCUT2D eigenvalue weighted by atomic mass is 32.1. The number of nitrogen functional groups attached to an aromatic ring is 1. The minimum Gasteiger partial charge on any atom is -0.388 e. The summed E-state index contributed by atoms with van der Waals surface area (Å²) in [6.45, 7) is 0.543. The van der Waals surface area contributed by atoms with E-state index >= 15 is 0 Å². The Kier molecular flexibility index (Phi) is 3.06. The molecular formula is C9H16N4OS. The Balaban J connectivity index is 1.86. The molecule has 0 aromatic carbocycles. The smallest absolute Gasteiger partial charge is 0.233 e. The average Bonchev–Trinajstić information content (AvgIpc) is 2.63. The Hall–Kier alpha value is -0.880. The molecular weight excluding hydrogens is 212 g/mol. The standard InChI is InChI=1S/C9H16N4OS/c10-7-12-8(15-13-7)11-6-9(14)4-2-1-3-5-9/h14H,1-6H2,(H3,10,11,12,13). The SMILES string of the molecule is Nc1nsc(NCC2(O)CCCCC2)n1. The van der Waals surface area contributed by atoms with Crippen LogP contribution >= 0.6 is 11.5 Å². The number of hydrogen-bond donors (Lipinski definition) is 3. The van der Waals surface area contributed by atoms with Gasteiger partial charge in [0.1, 0.15) is 0 Å². The van der Waals surface area contributed by atoms with Crippen molar-refractivity contribution in [3.05, 3.63) is 0 Å². The Morgan fingerprint density at radius 2 is 2.13 bits per heavy atom. The number of hydrogen-bond acceptors (Lipinski definition) is 6. The largest absolute Gasteiger partial charge is 0.388 e. The van der Waals surface area contributed by atoms with E-state index in [-0.39, 0.29) is 5.95 Å². The lowest BCUT2D eigenvalue weighted by atomic mass is 9.85. The summed E-state index contributed by atoms with van der Waals surface area (Å²) in [4.78, 5) is 3.99. The van der Waals surface area contributed by atoms with Gasteiger partial charge >= 0.3 is 0 Å². The van der Waals surface area contributed by atoms with E-state index in [9.17, 15) is 5.11 Å². The van der Waals surface area contributed by atoms with E-state index in [2.05, 4.69) is 14.7 Å². The van der Waals surface area contributed by atoms with E-state index in [1.807, 2.05) is 0 Å². The van der Waals surface area contributed by atoms with Crippen molar-refractivity contribution < 1.29 is 5.11 Å². The van der Waals surface area contributed by atoms with Gasteiger partial charge in [0, 0.05) is 18.1 Å². The van der Waals surface area contributed by atoms with Gasteiger partial charge in [-0.3, -0.25) is 0 Å². The van der Waals surface area contributed by atoms with Crippen LogP contribution in [-0.2, 0) is 0 Å². The van der Waals surface area contributed by atoms with Crippen molar-refractivity contribution >= 4 is 22.6 Å². The van der Waals surface area contributed by atoms with Crippen LogP contribution in [0, 0.1) is 0 Å². The topological polar surface area (TPSA) is 84.1 Å². The molecule has 0 aliphatic heterocycles. The predicted octanol–water partition coefficient (Wildman–Crippen LogP) is 1.23. The molecule has 1 saturated carbocycles. The molecule has 1 aliphatic carbocycles. The quantitative estimate of drug-likeness (QED) is 0.724. The summed E-state index contributed by atoms with van der Waals surface area (Å²) in [5.41, 5.74) is 4.84. The molecule has 0 amide bonds. The third kappa shape index (κ3) is 2.79. The van der Waals surface area contributed by atoms with E-state index in [0.717, 1.165) is 25.7 Å². The van der Waals surface area contributed by atoms with Crippen molar-refractivity contribution in [2.45, 2.75) is 37.7 Å². The van der Waals surface area contributed by atoms with Gasteiger partial charge in [0.05, 0.1) is 5.60 Å². The molecule has 4 N–H and O–H groups in total. The number of aromatic nitrogens is 2. The molecule has 0 bridgehead atoms. The molecule has 1 fully saturated rings. The highest BCUT2D eigenvalue weighted by Gasteiger charge is 2.28. The summed E-state index contributed by atoms with van der Waals surface area (Å²) in [5, 5.41) is 14.0. The Morgan fingerprint density at radius 3 is 2.73 bits per heavy atom. The molecule has 1 aromatic heterocycles. The van der Waals surface area contributed by atoms with E-state index in [4.69, 9.17) is 5.73 Å². The maximum atomic E-state index is 10.2. The maximum Gasteiger partial charge on any atom is 0.233 e. The van der Waals surface area contributed by atoms with Crippen LogP contribution < -0.4 is 11.1 Å². The molecule has 6 heteroatoms. The lowest BCUT2D eigenvalue weighted by Crippen LogP contribution is -2.38. The first-order chi connectivity index (χ1) is 7.18. The summed E-state index contributed by atoms with van der Waals surface area (Å²) < 4.78 is 3.87. The second-order valence-corrected chi connectivity index (χ2v) is 4.85. The first-order valence-corrected chi connectivity index (χ1v) is 6.01. The van der Waals surface area contributed by atoms with Crippen LogP contribution in [-0.4, -0.2) is 26.6 Å². The minimum absolute atomic E-state index is 0.290. The van der Waals surface area contributed by atoms with Gasteiger partial charge in [-0.1, -0.05) is 19.3 Å². The van der Waals surface area contributed by atoms with Gasteiger partial charge in [0.15, 0.2) is 0 Å². The van der Waals surface area contributed by atoms with Gasteiger partial charge in [0.25, 0.3) is 0 Å². The van der Waals surface area contributed by atoms with Gasteiger partial charge in [-0.05, 0) is 12.8 Å². The molecule has 2 rings (SSSR count). The summed E-state index contributed by atoms with van der Waals surface area (Å²) in [6, 6.07) is 0. The van der Waals surface area contributed by atoms with Crippen molar-refractivity contribution in [3.8, 4) is 0 Å². The first kappa shape index (κ1) is 10.6. The third-order valence-electron chi connectivity index (χ3n) is 2.79. The minimum atomic E-state index is -0.571. The summed E-state index contributed by atoms with van der Waals surface area (Å²) in [5.74, 6) is 0.290. The summed E-state index contributed by atoms with van der Waals surface area (Å²) in [6.07, 6.45) is 5.18. The molecule has 15 heavy (non-hydrogen) atoms. The lowest BCUT2D eigenvalue weighted by molar-refractivity contribution is 0.0167. The number of nitrogens with one attached hydrogen (secondary N) is 1. The van der Waals surface area contributed by atoms with Crippen molar-refractivity contribution in [2.24, 2.45) is 0 Å². The Bertz CT molecular complexity index is 322. The van der Waals surface area contributed by atoms with Gasteiger partial charge < -0.3 is 16.2 Å². The normalized spacial score (nSPS) is 20.1.